The van der Waals surface area contributed by atoms with E-state index in [-0.39, 0.29) is 6.04 Å². The van der Waals surface area contributed by atoms with Gasteiger partial charge in [0.25, 0.3) is 0 Å². The third kappa shape index (κ3) is 1.83. The van der Waals surface area contributed by atoms with Gasteiger partial charge in [-0.3, -0.25) is 4.98 Å². The number of benzene rings is 1. The van der Waals surface area contributed by atoms with Crippen molar-refractivity contribution >= 4 is 10.8 Å². The van der Waals surface area contributed by atoms with Crippen LogP contribution < -0.4 is 5.73 Å². The molecule has 0 amide bonds. The van der Waals surface area contributed by atoms with Crippen LogP contribution >= 0.6 is 0 Å². The van der Waals surface area contributed by atoms with Crippen LogP contribution in [0.1, 0.15) is 17.3 Å². The van der Waals surface area contributed by atoms with Crippen LogP contribution in [0.2, 0.25) is 0 Å². The van der Waals surface area contributed by atoms with Gasteiger partial charge in [-0.25, -0.2) is 9.97 Å². The van der Waals surface area contributed by atoms with Crippen LogP contribution in [0.3, 0.4) is 0 Å². The number of pyridine rings is 1. The van der Waals surface area contributed by atoms with Gasteiger partial charge in [0, 0.05) is 29.5 Å². The fourth-order valence-electron chi connectivity index (χ4n) is 2.02. The first-order valence-corrected chi connectivity index (χ1v) is 5.70. The first-order chi connectivity index (χ1) is 8.86. The number of hydrogen-bond acceptors (Lipinski definition) is 4. The Morgan fingerprint density at radius 1 is 1.00 bits per heavy atom. The van der Waals surface area contributed by atoms with Crippen LogP contribution in [-0.4, -0.2) is 15.0 Å². The third-order valence-corrected chi connectivity index (χ3v) is 2.94. The molecule has 18 heavy (non-hydrogen) atoms. The quantitative estimate of drug-likeness (QED) is 0.739. The Hall–Kier alpha value is -2.33. The highest BCUT2D eigenvalue weighted by atomic mass is 14.8. The van der Waals surface area contributed by atoms with E-state index in [0.29, 0.717) is 0 Å². The van der Waals surface area contributed by atoms with E-state index in [9.17, 15) is 0 Å². The lowest BCUT2D eigenvalue weighted by Gasteiger charge is -2.13. The Morgan fingerprint density at radius 3 is 2.61 bits per heavy atom. The Balaban J connectivity index is 2.15. The van der Waals surface area contributed by atoms with Crippen molar-refractivity contribution in [3.63, 3.8) is 0 Å². The van der Waals surface area contributed by atoms with Crippen LogP contribution in [0.25, 0.3) is 10.8 Å². The average Bonchev–Trinajstić information content (AvgIpc) is 2.47. The predicted molar refractivity (Wildman–Crippen MR) is 69.8 cm³/mol. The predicted octanol–water partition coefficient (Wildman–Crippen LogP) is 2.07. The molecule has 2 heterocycles. The van der Waals surface area contributed by atoms with Gasteiger partial charge in [0.05, 0.1) is 11.7 Å². The van der Waals surface area contributed by atoms with Gasteiger partial charge in [0.2, 0.25) is 0 Å². The van der Waals surface area contributed by atoms with Crippen molar-refractivity contribution in [2.24, 2.45) is 5.73 Å². The standard InChI is InChI=1S/C14H12N4/c15-13(11-7-16-9-17-8-11)14-12-4-2-1-3-10(12)5-6-18-14/h1-9,13H,15H2. The highest BCUT2D eigenvalue weighted by Gasteiger charge is 2.13. The Kier molecular flexibility index (Phi) is 2.70. The summed E-state index contributed by atoms with van der Waals surface area (Å²) >= 11 is 0. The van der Waals surface area contributed by atoms with Gasteiger partial charge in [-0.15, -0.1) is 0 Å². The van der Waals surface area contributed by atoms with E-state index in [0.717, 1.165) is 22.0 Å². The molecule has 0 aliphatic carbocycles. The minimum Gasteiger partial charge on any atom is -0.319 e. The molecule has 3 rings (SSSR count). The van der Waals surface area contributed by atoms with Crippen molar-refractivity contribution in [2.75, 3.05) is 0 Å². The van der Waals surface area contributed by atoms with Gasteiger partial charge >= 0.3 is 0 Å². The first-order valence-electron chi connectivity index (χ1n) is 5.70. The highest BCUT2D eigenvalue weighted by Crippen LogP contribution is 2.24. The molecule has 4 nitrogen and oxygen atoms in total. The lowest BCUT2D eigenvalue weighted by molar-refractivity contribution is 0.824. The largest absolute Gasteiger partial charge is 0.319 e. The van der Waals surface area contributed by atoms with Gasteiger partial charge < -0.3 is 5.73 Å². The molecule has 0 saturated carbocycles. The third-order valence-electron chi connectivity index (χ3n) is 2.94. The highest BCUT2D eigenvalue weighted by molar-refractivity contribution is 5.84. The van der Waals surface area contributed by atoms with Gasteiger partial charge in [-0.05, 0) is 11.5 Å². The van der Waals surface area contributed by atoms with Crippen molar-refractivity contribution in [2.45, 2.75) is 6.04 Å². The molecule has 0 saturated heterocycles. The topological polar surface area (TPSA) is 64.7 Å². The summed E-state index contributed by atoms with van der Waals surface area (Å²) in [5.41, 5.74) is 7.95. The summed E-state index contributed by atoms with van der Waals surface area (Å²) in [6.07, 6.45) is 6.72. The molecule has 0 bridgehead atoms. The molecule has 2 aromatic heterocycles. The second kappa shape index (κ2) is 4.50. The number of aromatic nitrogens is 3. The number of nitrogens with zero attached hydrogens (tertiary/aromatic N) is 3. The van der Waals surface area contributed by atoms with Crippen molar-refractivity contribution in [1.29, 1.82) is 0 Å². The summed E-state index contributed by atoms with van der Waals surface area (Å²) in [7, 11) is 0. The molecule has 1 atom stereocenters. The van der Waals surface area contributed by atoms with Crippen LogP contribution in [0, 0.1) is 0 Å². The summed E-state index contributed by atoms with van der Waals surface area (Å²) in [4.78, 5) is 12.4. The Labute approximate surface area is 105 Å². The van der Waals surface area contributed by atoms with E-state index >= 15 is 0 Å². The van der Waals surface area contributed by atoms with Gasteiger partial charge in [0.15, 0.2) is 0 Å². The molecule has 0 aliphatic heterocycles. The summed E-state index contributed by atoms with van der Waals surface area (Å²) in [5, 5.41) is 2.20. The second-order valence-corrected chi connectivity index (χ2v) is 4.07. The molecule has 3 aromatic rings. The van der Waals surface area contributed by atoms with Crippen molar-refractivity contribution in [1.82, 2.24) is 15.0 Å². The first kappa shape index (κ1) is 10.8. The average molecular weight is 236 g/mol. The SMILES string of the molecule is NC(c1cncnc1)c1nccc2ccccc12. The smallest absolute Gasteiger partial charge is 0.115 e. The van der Waals surface area contributed by atoms with Gasteiger partial charge in [-0.2, -0.15) is 0 Å². The maximum atomic E-state index is 6.24. The molecular weight excluding hydrogens is 224 g/mol. The van der Waals surface area contributed by atoms with E-state index in [1.54, 1.807) is 18.6 Å². The fraction of sp³-hybridized carbons (Fsp3) is 0.0714. The molecule has 4 heteroatoms. The summed E-state index contributed by atoms with van der Waals surface area (Å²) in [5.74, 6) is 0. The van der Waals surface area contributed by atoms with Crippen LogP contribution in [0.5, 0.6) is 0 Å². The van der Waals surface area contributed by atoms with Crippen LogP contribution in [0.15, 0.2) is 55.2 Å². The van der Waals surface area contributed by atoms with E-state index in [1.807, 2.05) is 24.3 Å². The lowest BCUT2D eigenvalue weighted by atomic mass is 10.0. The molecule has 0 spiro atoms. The number of nitrogens with two attached hydrogens (primary N) is 1. The molecule has 2 N–H and O–H groups in total. The van der Waals surface area contributed by atoms with Crippen molar-refractivity contribution < 1.29 is 0 Å². The fourth-order valence-corrected chi connectivity index (χ4v) is 2.02. The second-order valence-electron chi connectivity index (χ2n) is 4.07. The molecular formula is C14H12N4. The summed E-state index contributed by atoms with van der Waals surface area (Å²) in [6.45, 7) is 0. The number of fused-ring (bicyclic) bond motifs is 1. The number of hydrogen-bond donors (Lipinski definition) is 1. The van der Waals surface area contributed by atoms with Crippen molar-refractivity contribution in [3.8, 4) is 0 Å². The van der Waals surface area contributed by atoms with E-state index in [1.165, 1.54) is 6.33 Å². The summed E-state index contributed by atoms with van der Waals surface area (Å²) in [6, 6.07) is 9.74. The number of rotatable bonds is 2. The monoisotopic (exact) mass is 236 g/mol. The van der Waals surface area contributed by atoms with Gasteiger partial charge in [-0.1, -0.05) is 24.3 Å². The van der Waals surface area contributed by atoms with Crippen LogP contribution in [-0.2, 0) is 0 Å². The molecule has 0 radical (unpaired) electrons. The van der Waals surface area contributed by atoms with Crippen molar-refractivity contribution in [3.05, 3.63) is 66.5 Å². The Morgan fingerprint density at radius 2 is 1.78 bits per heavy atom. The zero-order valence-corrected chi connectivity index (χ0v) is 9.69. The molecule has 0 aliphatic rings. The van der Waals surface area contributed by atoms with E-state index in [4.69, 9.17) is 5.73 Å². The molecule has 1 aromatic carbocycles. The van der Waals surface area contributed by atoms with Gasteiger partial charge in [0.1, 0.15) is 6.33 Å². The maximum absolute atomic E-state index is 6.24. The minimum absolute atomic E-state index is 0.308. The summed E-state index contributed by atoms with van der Waals surface area (Å²) < 4.78 is 0. The Bertz CT molecular complexity index is 661. The van der Waals surface area contributed by atoms with E-state index < -0.39 is 0 Å². The molecule has 0 fully saturated rings. The van der Waals surface area contributed by atoms with Crippen LogP contribution in [0.4, 0.5) is 0 Å². The lowest BCUT2D eigenvalue weighted by Crippen LogP contribution is -2.14. The molecule has 88 valence electrons. The normalized spacial score (nSPS) is 12.5. The van der Waals surface area contributed by atoms with E-state index in [2.05, 4.69) is 21.0 Å². The minimum atomic E-state index is -0.308. The zero-order valence-electron chi connectivity index (χ0n) is 9.69. The maximum Gasteiger partial charge on any atom is 0.115 e. The zero-order chi connectivity index (χ0) is 12.4. The molecule has 1 unspecified atom stereocenters.